The fraction of sp³-hybridized carbons (Fsp3) is 0.167. The largest absolute Gasteiger partial charge is 0.477 e. The summed E-state index contributed by atoms with van der Waals surface area (Å²) in [5.74, 6) is 0.443. The number of hydrogen-bond donors (Lipinski definition) is 2. The zero-order valence-electron chi connectivity index (χ0n) is 17.7. The van der Waals surface area contributed by atoms with Gasteiger partial charge in [0.05, 0.1) is 0 Å². The predicted octanol–water partition coefficient (Wildman–Crippen LogP) is 5.26. The van der Waals surface area contributed by atoms with Gasteiger partial charge in [0.25, 0.3) is 5.91 Å². The lowest BCUT2D eigenvalue weighted by Crippen LogP contribution is -2.13. The van der Waals surface area contributed by atoms with Crippen LogP contribution in [0.3, 0.4) is 0 Å². The van der Waals surface area contributed by atoms with E-state index in [1.165, 1.54) is 12.3 Å². The van der Waals surface area contributed by atoms with Gasteiger partial charge < -0.3 is 19.7 Å². The third kappa shape index (κ3) is 4.44. The van der Waals surface area contributed by atoms with Crippen LogP contribution in [0.15, 0.2) is 65.3 Å². The number of nitrogens with one attached hydrogen (secondary N) is 1. The zero-order valence-corrected chi connectivity index (χ0v) is 17.7. The molecule has 0 saturated heterocycles. The number of aromatic carboxylic acids is 1. The molecule has 0 spiro atoms. The lowest BCUT2D eigenvalue weighted by molar-refractivity contribution is 0.0690. The number of carbonyl (C=O) groups is 2. The van der Waals surface area contributed by atoms with Crippen molar-refractivity contribution < 1.29 is 24.0 Å². The molecule has 2 aromatic heterocycles. The predicted molar refractivity (Wildman–Crippen MR) is 118 cm³/mol. The van der Waals surface area contributed by atoms with Gasteiger partial charge in [0.15, 0.2) is 11.5 Å². The number of nitrogens with zero attached hydrogens (tertiary/aromatic N) is 2. The molecule has 2 heterocycles. The van der Waals surface area contributed by atoms with E-state index in [9.17, 15) is 9.59 Å². The van der Waals surface area contributed by atoms with Gasteiger partial charge in [0.1, 0.15) is 17.3 Å². The van der Waals surface area contributed by atoms with E-state index in [2.05, 4.69) is 15.5 Å². The number of aromatic nitrogens is 2. The molecule has 0 aliphatic rings. The topological polar surface area (TPSA) is 115 Å². The number of benzene rings is 2. The van der Waals surface area contributed by atoms with Crippen LogP contribution in [0.5, 0.6) is 11.5 Å². The van der Waals surface area contributed by atoms with Gasteiger partial charge >= 0.3 is 5.97 Å². The molecule has 8 nitrogen and oxygen atoms in total. The Hall–Kier alpha value is -4.20. The number of hydrogen-bond acceptors (Lipinski definition) is 6. The smallest absolute Gasteiger partial charge is 0.354 e. The van der Waals surface area contributed by atoms with Gasteiger partial charge in [-0.05, 0) is 41.1 Å². The van der Waals surface area contributed by atoms with Crippen molar-refractivity contribution >= 4 is 28.5 Å². The molecule has 0 unspecified atom stereocenters. The Bertz CT molecular complexity index is 1320. The summed E-state index contributed by atoms with van der Waals surface area (Å²) in [4.78, 5) is 27.7. The first kappa shape index (κ1) is 21.0. The van der Waals surface area contributed by atoms with Gasteiger partial charge in [0.2, 0.25) is 0 Å². The molecule has 2 aromatic carbocycles. The minimum atomic E-state index is -1.13. The molecule has 0 radical (unpaired) electrons. The molecule has 0 aliphatic carbocycles. The van der Waals surface area contributed by atoms with Crippen molar-refractivity contribution in [2.45, 2.75) is 26.2 Å². The average Bonchev–Trinajstić information content (AvgIpc) is 3.22. The van der Waals surface area contributed by atoms with Crippen LogP contribution in [0.4, 0.5) is 5.82 Å². The Morgan fingerprint density at radius 1 is 1.03 bits per heavy atom. The highest BCUT2D eigenvalue weighted by molar-refractivity contribution is 6.12. The highest BCUT2D eigenvalue weighted by Gasteiger charge is 2.21. The van der Waals surface area contributed by atoms with E-state index in [1.807, 2.05) is 26.8 Å². The lowest BCUT2D eigenvalue weighted by atomic mass is 9.93. The number of anilines is 1. The van der Waals surface area contributed by atoms with Crippen LogP contribution >= 0.6 is 0 Å². The molecule has 8 heteroatoms. The molecule has 0 fully saturated rings. The molecular weight excluding hydrogens is 410 g/mol. The number of pyridine rings is 1. The molecule has 2 N–H and O–H groups in total. The minimum Gasteiger partial charge on any atom is -0.477 e. The molecular formula is C24H21N3O5. The first-order valence-corrected chi connectivity index (χ1v) is 9.89. The maximum Gasteiger partial charge on any atom is 0.354 e. The number of ether oxygens (including phenoxy) is 1. The van der Waals surface area contributed by atoms with E-state index in [4.69, 9.17) is 14.4 Å². The third-order valence-electron chi connectivity index (χ3n) is 4.77. The monoisotopic (exact) mass is 431 g/mol. The van der Waals surface area contributed by atoms with Crippen LogP contribution in [0.1, 0.15) is 47.4 Å². The molecule has 0 saturated carbocycles. The van der Waals surface area contributed by atoms with E-state index in [0.717, 1.165) is 10.8 Å². The Morgan fingerprint density at radius 2 is 1.81 bits per heavy atom. The van der Waals surface area contributed by atoms with Gasteiger partial charge in [0, 0.05) is 29.3 Å². The van der Waals surface area contributed by atoms with Crippen LogP contribution in [0.2, 0.25) is 0 Å². The van der Waals surface area contributed by atoms with Gasteiger partial charge in [-0.3, -0.25) is 4.79 Å². The van der Waals surface area contributed by atoms with Crippen molar-refractivity contribution in [1.82, 2.24) is 10.1 Å². The Labute approximate surface area is 183 Å². The summed E-state index contributed by atoms with van der Waals surface area (Å²) in [6, 6.07) is 15.3. The van der Waals surface area contributed by atoms with Gasteiger partial charge in [-0.2, -0.15) is 0 Å². The van der Waals surface area contributed by atoms with Crippen molar-refractivity contribution in [1.29, 1.82) is 0 Å². The van der Waals surface area contributed by atoms with Crippen LogP contribution in [0.25, 0.3) is 10.8 Å². The molecule has 1 amide bonds. The van der Waals surface area contributed by atoms with Gasteiger partial charge in [-0.25, -0.2) is 9.78 Å². The Morgan fingerprint density at radius 3 is 2.53 bits per heavy atom. The molecule has 0 aliphatic heterocycles. The first-order valence-electron chi connectivity index (χ1n) is 9.89. The summed E-state index contributed by atoms with van der Waals surface area (Å²) >= 11 is 0. The van der Waals surface area contributed by atoms with E-state index in [0.29, 0.717) is 28.6 Å². The number of amides is 1. The Balaban J connectivity index is 1.58. The molecule has 32 heavy (non-hydrogen) atoms. The van der Waals surface area contributed by atoms with Crippen molar-refractivity contribution in [2.75, 3.05) is 5.32 Å². The standard InChI is InChI=1S/C24H21N3O5/c1-24(2,3)20-13-21(27-32-20)26-22(28)18-6-4-5-14-11-15(7-8-17(14)18)31-16-9-10-25-19(12-16)23(29)30/h4-13H,1-3H3,(H,29,30)(H,26,27,28). The number of rotatable bonds is 5. The van der Waals surface area contributed by atoms with Crippen LogP contribution in [0, 0.1) is 0 Å². The highest BCUT2D eigenvalue weighted by atomic mass is 16.5. The van der Waals surface area contributed by atoms with Crippen molar-refractivity contribution in [3.05, 3.63) is 77.8 Å². The molecule has 4 aromatic rings. The van der Waals surface area contributed by atoms with Crippen LogP contribution < -0.4 is 10.1 Å². The van der Waals surface area contributed by atoms with Crippen LogP contribution in [-0.2, 0) is 5.41 Å². The normalized spacial score (nSPS) is 11.3. The SMILES string of the molecule is CC(C)(C)c1cc(NC(=O)c2cccc3cc(Oc4ccnc(C(=O)O)c4)ccc23)no1. The minimum absolute atomic E-state index is 0.107. The summed E-state index contributed by atoms with van der Waals surface area (Å²) in [5.41, 5.74) is 0.155. The van der Waals surface area contributed by atoms with E-state index in [1.54, 1.807) is 42.5 Å². The lowest BCUT2D eigenvalue weighted by Gasteiger charge is -2.12. The van der Waals surface area contributed by atoms with E-state index < -0.39 is 5.97 Å². The average molecular weight is 431 g/mol. The third-order valence-corrected chi connectivity index (χ3v) is 4.77. The van der Waals surface area contributed by atoms with E-state index in [-0.39, 0.29) is 17.0 Å². The number of carbonyl (C=O) groups excluding carboxylic acids is 1. The molecule has 0 bridgehead atoms. The number of carboxylic acid groups (broad SMARTS) is 1. The maximum absolute atomic E-state index is 12.9. The number of fused-ring (bicyclic) bond motifs is 1. The summed E-state index contributed by atoms with van der Waals surface area (Å²) in [5, 5.41) is 17.3. The first-order chi connectivity index (χ1) is 15.2. The van der Waals surface area contributed by atoms with Gasteiger partial charge in [-0.1, -0.05) is 38.1 Å². The second-order valence-corrected chi connectivity index (χ2v) is 8.25. The fourth-order valence-corrected chi connectivity index (χ4v) is 3.12. The molecule has 0 atom stereocenters. The second-order valence-electron chi connectivity index (χ2n) is 8.25. The van der Waals surface area contributed by atoms with Gasteiger partial charge in [-0.15, -0.1) is 0 Å². The van der Waals surface area contributed by atoms with Crippen LogP contribution in [-0.4, -0.2) is 27.1 Å². The van der Waals surface area contributed by atoms with E-state index >= 15 is 0 Å². The van der Waals surface area contributed by atoms with Crippen molar-refractivity contribution in [3.63, 3.8) is 0 Å². The quantitative estimate of drug-likeness (QED) is 0.443. The summed E-state index contributed by atoms with van der Waals surface area (Å²) < 4.78 is 11.1. The Kier molecular flexibility index (Phi) is 5.36. The maximum atomic E-state index is 12.9. The zero-order chi connectivity index (χ0) is 22.9. The second kappa shape index (κ2) is 8.14. The summed E-state index contributed by atoms with van der Waals surface area (Å²) in [6.45, 7) is 5.99. The molecule has 162 valence electrons. The molecule has 4 rings (SSSR count). The highest BCUT2D eigenvalue weighted by Crippen LogP contribution is 2.29. The van der Waals surface area contributed by atoms with Crippen molar-refractivity contribution in [3.8, 4) is 11.5 Å². The summed E-state index contributed by atoms with van der Waals surface area (Å²) in [6.07, 6.45) is 1.37. The fourth-order valence-electron chi connectivity index (χ4n) is 3.12. The number of carboxylic acids is 1. The summed E-state index contributed by atoms with van der Waals surface area (Å²) in [7, 11) is 0. The van der Waals surface area contributed by atoms with Crippen molar-refractivity contribution in [2.24, 2.45) is 0 Å².